The fourth-order valence-corrected chi connectivity index (χ4v) is 24.1. The Labute approximate surface area is 885 Å². The lowest BCUT2D eigenvalue weighted by Crippen LogP contribution is -2.38. The van der Waals surface area contributed by atoms with E-state index in [1.807, 2.05) is 36.4 Å². The number of allylic oxidation sites excluding steroid dienone is 4. The number of rotatable bonds is 36. The van der Waals surface area contributed by atoms with Crippen molar-refractivity contribution in [2.45, 2.75) is 196 Å². The van der Waals surface area contributed by atoms with E-state index < -0.39 is 0 Å². The Morgan fingerprint density at radius 3 is 1.32 bits per heavy atom. The van der Waals surface area contributed by atoms with E-state index in [-0.39, 0.29) is 21.7 Å². The van der Waals surface area contributed by atoms with Crippen molar-refractivity contribution >= 4 is 68.5 Å². The number of halogens is 1. The van der Waals surface area contributed by atoms with Crippen LogP contribution in [0.4, 0.5) is 22.7 Å². The van der Waals surface area contributed by atoms with E-state index in [1.54, 1.807) is 0 Å². The van der Waals surface area contributed by atoms with Gasteiger partial charge in [-0.25, -0.2) is 0 Å². The first-order valence-electron chi connectivity index (χ1n) is 55.2. The molecular weight excluding hydrogens is 1820 g/mol. The summed E-state index contributed by atoms with van der Waals surface area (Å²) in [5.41, 5.74) is 24.3. The molecule has 0 saturated carbocycles. The molecular formula is C133H162ClN11O2+4. The van der Waals surface area contributed by atoms with Crippen molar-refractivity contribution in [3.63, 3.8) is 0 Å². The highest BCUT2D eigenvalue weighted by Gasteiger charge is 2.52. The third-order valence-corrected chi connectivity index (χ3v) is 31.3. The summed E-state index contributed by atoms with van der Waals surface area (Å²) in [6, 6.07) is 114. The van der Waals surface area contributed by atoms with Crippen molar-refractivity contribution in [3.8, 4) is 5.75 Å². The average molecular weight is 1980 g/mol. The van der Waals surface area contributed by atoms with E-state index in [0.717, 1.165) is 186 Å². The van der Waals surface area contributed by atoms with Crippen LogP contribution < -0.4 is 24.3 Å². The highest BCUT2D eigenvalue weighted by atomic mass is 35.5. The van der Waals surface area contributed by atoms with Gasteiger partial charge in [-0.2, -0.15) is 4.58 Å². The van der Waals surface area contributed by atoms with Gasteiger partial charge in [0.05, 0.1) is 26.2 Å². The van der Waals surface area contributed by atoms with E-state index in [0.29, 0.717) is 24.4 Å². The summed E-state index contributed by atoms with van der Waals surface area (Å²) in [6.45, 7) is 51.2. The van der Waals surface area contributed by atoms with Gasteiger partial charge < -0.3 is 29.1 Å². The second kappa shape index (κ2) is 48.8. The summed E-state index contributed by atoms with van der Waals surface area (Å²) in [5.74, 6) is 7.99. The fraction of sp³-hybridized carbons (Fsp3) is 0.383. The minimum Gasteiger partial charge on any atom is -0.490 e. The standard InChI is InChI=1S/C35H44N3.C34H41N2O.C33H42N3O.C31H35ClN3/c1-5-21-38-32-19-13-12-18-31(32)35(26-29-14-8-6-9-15-29,27-30-16-10-7-11-17-30)33(38)25-34-36(4)23-24-37(34)22-20-28(2)3;1-4-20-36-31-18-12-11-17-30(31)34(25-28-13-7-5-8-14-28,26-29-15-9-6-10-16-29)32(36)24-33-35(22-23-37-33)21-19-27(2)3;1-6-18-36-29-17-16-26-12-10-11-15-28(26)32(29)33(4,5)30(36)23-31-34(19-20-35(31)24-25(2)3)21-22-37-27-13-8-7-9-14-27;1-4-17-35-28-16-15-26(32)20-27(28)31(2,3)29(35)21-30-33(22-24-11-7-5-8-12-24)18-19-34(30)23-25-13-9-6-10-14-25/h6-19,25,28H,5,20-24,26-27H2,1-4H3;5-18,24,27H,4,19-23,25-26H2,1-3H3;7-17,23,25H,6,18-22,24H2,1-5H3;5-16,20-21H,4,17-19,22-23H2,1-3H3/q4*+1. The van der Waals surface area contributed by atoms with Crippen LogP contribution in [0.15, 0.2) is 363 Å². The molecule has 0 atom stereocenters. The SMILES string of the molecule is CCCN1C(=CC2=[N+](C)CCN2CCC(C)C)C(Cc2ccccc2)(Cc2ccccc2)c2ccccc21.CCCN1C(=CC2=[N+](CC(C)C)CCN2CCOc2ccccc2)C(C)(C)c2c1ccc1ccccc21.CCCN1C(=CC2=[N+](CCC(C)C)CCO2)C(Cc2ccccc2)(Cc2ccccc2)c2ccccc21.CCCN1C(=CC2=[N+](Cc3ccccc3)CCN2Cc2ccccc2)C(C)(C)c2cc(Cl)ccc21. The summed E-state index contributed by atoms with van der Waals surface area (Å²) in [7, 11) is 2.27. The van der Waals surface area contributed by atoms with Crippen molar-refractivity contribution in [3.05, 3.63) is 423 Å². The molecule has 0 amide bonds. The Morgan fingerprint density at radius 2 is 0.789 bits per heavy atom. The van der Waals surface area contributed by atoms with Gasteiger partial charge in [-0.15, -0.1) is 0 Å². The van der Waals surface area contributed by atoms with Crippen LogP contribution in [0, 0.1) is 17.8 Å². The summed E-state index contributed by atoms with van der Waals surface area (Å²) in [6.07, 6.45) is 20.6. The molecule has 0 saturated heterocycles. The Kier molecular flexibility index (Phi) is 35.0. The highest BCUT2D eigenvalue weighted by molar-refractivity contribution is 6.30. The maximum Gasteiger partial charge on any atom is 0.364 e. The van der Waals surface area contributed by atoms with Gasteiger partial charge >= 0.3 is 5.90 Å². The third kappa shape index (κ3) is 24.2. The van der Waals surface area contributed by atoms with Gasteiger partial charge in [0.25, 0.3) is 17.5 Å². The first kappa shape index (κ1) is 105. The molecule has 0 N–H and O–H groups in total. The number of anilines is 4. The second-order valence-electron chi connectivity index (χ2n) is 44.0. The molecule has 0 spiro atoms. The molecule has 0 bridgehead atoms. The lowest BCUT2D eigenvalue weighted by molar-refractivity contribution is -0.533. The van der Waals surface area contributed by atoms with E-state index in [1.165, 1.54) is 142 Å². The van der Waals surface area contributed by atoms with Crippen molar-refractivity contribution in [2.24, 2.45) is 17.8 Å². The summed E-state index contributed by atoms with van der Waals surface area (Å²) >= 11 is 6.46. The highest BCUT2D eigenvalue weighted by Crippen LogP contribution is 2.56. The Balaban J connectivity index is 0.000000134. The Bertz CT molecular complexity index is 6600. The molecule has 12 aromatic rings. The zero-order valence-corrected chi connectivity index (χ0v) is 91.4. The zero-order valence-electron chi connectivity index (χ0n) is 90.7. The number of fused-ring (bicyclic) bond motifs is 6. The number of nitrogens with zero attached hydrogens (tertiary/aromatic N) is 11. The number of amidine groups is 3. The van der Waals surface area contributed by atoms with Crippen molar-refractivity contribution < 1.29 is 27.8 Å². The first-order valence-corrected chi connectivity index (χ1v) is 55.6. The molecule has 13 nitrogen and oxygen atoms in total. The van der Waals surface area contributed by atoms with E-state index in [2.05, 4.69) is 460 Å². The Morgan fingerprint density at radius 1 is 0.367 bits per heavy atom. The van der Waals surface area contributed by atoms with Gasteiger partial charge in [-0.1, -0.05) is 375 Å². The largest absolute Gasteiger partial charge is 0.490 e. The predicted octanol–water partition coefficient (Wildman–Crippen LogP) is 27.5. The number of hydrogen-bond acceptors (Lipinski definition) is 9. The second-order valence-corrected chi connectivity index (χ2v) is 44.4. The minimum atomic E-state index is -0.183. The van der Waals surface area contributed by atoms with Crippen LogP contribution in [-0.2, 0) is 65.2 Å². The van der Waals surface area contributed by atoms with Gasteiger partial charge in [0.2, 0.25) is 0 Å². The van der Waals surface area contributed by atoms with Crippen LogP contribution in [0.5, 0.6) is 5.75 Å². The molecule has 0 radical (unpaired) electrons. The summed E-state index contributed by atoms with van der Waals surface area (Å²) in [4.78, 5) is 18.0. The summed E-state index contributed by atoms with van der Waals surface area (Å²) < 4.78 is 22.5. The molecule has 0 unspecified atom stereocenters. The first-order chi connectivity index (χ1) is 71.5. The Hall–Kier alpha value is -13.0. The smallest absolute Gasteiger partial charge is 0.364 e. The molecule has 0 aliphatic carbocycles. The van der Waals surface area contributed by atoms with Crippen LogP contribution in [0.3, 0.4) is 0 Å². The number of ether oxygens (including phenoxy) is 2. The number of hydrogen-bond donors (Lipinski definition) is 0. The fourth-order valence-electron chi connectivity index (χ4n) is 23.9. The third-order valence-electron chi connectivity index (χ3n) is 31.1. The van der Waals surface area contributed by atoms with E-state index in [9.17, 15) is 0 Å². The van der Waals surface area contributed by atoms with E-state index >= 15 is 0 Å². The van der Waals surface area contributed by atoms with E-state index in [4.69, 9.17) is 21.1 Å². The minimum absolute atomic E-state index is 0.0866. The molecule has 20 rings (SSSR count). The lowest BCUT2D eigenvalue weighted by atomic mass is 9.70. The van der Waals surface area contributed by atoms with Crippen molar-refractivity contribution in [1.82, 2.24) is 14.7 Å². The summed E-state index contributed by atoms with van der Waals surface area (Å²) in [5, 5.41) is 3.50. The van der Waals surface area contributed by atoms with Crippen molar-refractivity contribution in [1.29, 1.82) is 0 Å². The quantitative estimate of drug-likeness (QED) is 0.0358. The monoisotopic (exact) mass is 1980 g/mol. The maximum atomic E-state index is 6.46. The predicted molar refractivity (Wildman–Crippen MR) is 619 cm³/mol. The van der Waals surface area contributed by atoms with Gasteiger partial charge in [0, 0.05) is 123 Å². The lowest BCUT2D eigenvalue weighted by Gasteiger charge is -2.35. The molecule has 8 aliphatic rings. The molecule has 0 aromatic heterocycles. The average Bonchev–Trinajstić information content (AvgIpc) is 1.57. The normalized spacial score (nSPS) is 17.8. The molecule has 764 valence electrons. The molecule has 8 heterocycles. The van der Waals surface area contributed by atoms with Crippen molar-refractivity contribution in [2.75, 3.05) is 138 Å². The molecule has 14 heteroatoms. The molecule has 0 fully saturated rings. The van der Waals surface area contributed by atoms with Gasteiger partial charge in [-0.3, -0.25) is 28.4 Å². The zero-order chi connectivity index (χ0) is 103. The van der Waals surface area contributed by atoms with Crippen LogP contribution in [-0.4, -0.2) is 175 Å². The molecule has 147 heavy (non-hydrogen) atoms. The number of benzene rings is 12. The van der Waals surface area contributed by atoms with Gasteiger partial charge in [0.15, 0.2) is 13.2 Å². The van der Waals surface area contributed by atoms with Gasteiger partial charge in [0.1, 0.15) is 77.8 Å². The number of likely N-dealkylation sites (N-methyl/N-ethyl adjacent to an activating group) is 1. The van der Waals surface area contributed by atoms with Crippen LogP contribution >= 0.6 is 11.6 Å². The maximum absolute atomic E-state index is 6.46. The number of para-hydroxylation sites is 3. The van der Waals surface area contributed by atoms with Gasteiger partial charge in [-0.05, 0) is 190 Å². The topological polar surface area (TPSA) is 53.2 Å². The van der Waals surface area contributed by atoms with Crippen LogP contribution in [0.1, 0.15) is 191 Å². The van der Waals surface area contributed by atoms with Crippen LogP contribution in [0.25, 0.3) is 10.8 Å². The molecule has 12 aromatic carbocycles. The van der Waals surface area contributed by atoms with Crippen LogP contribution in [0.2, 0.25) is 5.02 Å². The molecule has 8 aliphatic heterocycles.